The maximum atomic E-state index is 14.2. The fourth-order valence-corrected chi connectivity index (χ4v) is 7.01. The summed E-state index contributed by atoms with van der Waals surface area (Å²) in [6, 6.07) is 7.84. The third-order valence-corrected chi connectivity index (χ3v) is 9.03. The Labute approximate surface area is 223 Å². The third-order valence-electron chi connectivity index (χ3n) is 9.03. The van der Waals surface area contributed by atoms with Gasteiger partial charge in [-0.05, 0) is 55.7 Å². The molecule has 1 fully saturated rings. The predicted octanol–water partition coefficient (Wildman–Crippen LogP) is 5.05. The number of fused-ring (bicyclic) bond motifs is 1. The summed E-state index contributed by atoms with van der Waals surface area (Å²) in [5.41, 5.74) is 2.40. The molecule has 6 heteroatoms. The summed E-state index contributed by atoms with van der Waals surface area (Å²) in [6.07, 6.45) is 10.9. The van der Waals surface area contributed by atoms with Crippen molar-refractivity contribution in [2.75, 3.05) is 0 Å². The second kappa shape index (κ2) is 9.97. The SMILES string of the molecule is CC1=CC(C)CC=CC2C=C(C)C(C)C3C(Cc4c[nH]c5ccccc45)NC(=O)C23C(=O)CCC(=O)C1=O. The molecule has 0 saturated carbocycles. The van der Waals surface area contributed by atoms with Crippen LogP contribution < -0.4 is 5.32 Å². The van der Waals surface area contributed by atoms with Crippen LogP contribution in [0.4, 0.5) is 0 Å². The van der Waals surface area contributed by atoms with E-state index in [1.165, 1.54) is 0 Å². The number of carbonyl (C=O) groups excluding carboxylic acids is 4. The van der Waals surface area contributed by atoms with Crippen LogP contribution in [0.2, 0.25) is 0 Å². The van der Waals surface area contributed by atoms with Crippen molar-refractivity contribution in [2.24, 2.45) is 29.1 Å². The maximum absolute atomic E-state index is 14.2. The quantitative estimate of drug-likeness (QED) is 0.334. The Hall–Kier alpha value is -3.54. The second-order valence-corrected chi connectivity index (χ2v) is 11.4. The molecule has 0 bridgehead atoms. The number of aromatic amines is 1. The topological polar surface area (TPSA) is 96.1 Å². The summed E-state index contributed by atoms with van der Waals surface area (Å²) >= 11 is 0. The van der Waals surface area contributed by atoms with E-state index in [4.69, 9.17) is 0 Å². The average molecular weight is 513 g/mol. The van der Waals surface area contributed by atoms with E-state index in [0.29, 0.717) is 18.4 Å². The van der Waals surface area contributed by atoms with E-state index in [1.54, 1.807) is 6.92 Å². The summed E-state index contributed by atoms with van der Waals surface area (Å²) < 4.78 is 0. The average Bonchev–Trinajstić information content (AvgIpc) is 3.43. The van der Waals surface area contributed by atoms with Gasteiger partial charge < -0.3 is 10.3 Å². The first-order valence-corrected chi connectivity index (χ1v) is 13.6. The van der Waals surface area contributed by atoms with Gasteiger partial charge in [0.25, 0.3) is 0 Å². The number of aromatic nitrogens is 1. The van der Waals surface area contributed by atoms with E-state index >= 15 is 0 Å². The molecule has 0 radical (unpaired) electrons. The lowest BCUT2D eigenvalue weighted by Gasteiger charge is -2.44. The monoisotopic (exact) mass is 512 g/mol. The van der Waals surface area contributed by atoms with Crippen molar-refractivity contribution in [1.29, 1.82) is 0 Å². The highest BCUT2D eigenvalue weighted by Gasteiger charge is 2.65. The van der Waals surface area contributed by atoms with Crippen LogP contribution in [0.5, 0.6) is 0 Å². The first kappa shape index (κ1) is 26.1. The van der Waals surface area contributed by atoms with Gasteiger partial charge >= 0.3 is 0 Å². The van der Waals surface area contributed by atoms with Gasteiger partial charge in [-0.2, -0.15) is 0 Å². The van der Waals surface area contributed by atoms with Gasteiger partial charge in [0, 0.05) is 47.8 Å². The minimum absolute atomic E-state index is 0.00592. The van der Waals surface area contributed by atoms with Crippen LogP contribution >= 0.6 is 0 Å². The molecule has 1 aromatic carbocycles. The van der Waals surface area contributed by atoms with Gasteiger partial charge in [-0.25, -0.2) is 0 Å². The van der Waals surface area contributed by atoms with Crippen LogP contribution in [0.15, 0.2) is 65.9 Å². The molecule has 6 atom stereocenters. The zero-order chi connectivity index (χ0) is 27.2. The smallest absolute Gasteiger partial charge is 0.235 e. The highest BCUT2D eigenvalue weighted by atomic mass is 16.2. The number of Topliss-reactive ketones (excluding diaryl/α,β-unsaturated/α-hetero) is 3. The first-order chi connectivity index (χ1) is 18.1. The molecule has 6 nitrogen and oxygen atoms in total. The van der Waals surface area contributed by atoms with Crippen molar-refractivity contribution in [3.8, 4) is 0 Å². The molecule has 2 aliphatic carbocycles. The molecule has 2 heterocycles. The van der Waals surface area contributed by atoms with Gasteiger partial charge in [0.1, 0.15) is 11.2 Å². The lowest BCUT2D eigenvalue weighted by molar-refractivity contribution is -0.146. The largest absolute Gasteiger partial charge is 0.361 e. The minimum atomic E-state index is -1.31. The van der Waals surface area contributed by atoms with Crippen LogP contribution in [0, 0.1) is 29.1 Å². The summed E-state index contributed by atoms with van der Waals surface area (Å²) in [5, 5.41) is 4.34. The van der Waals surface area contributed by atoms with Gasteiger partial charge in [0.15, 0.2) is 0 Å². The Morgan fingerprint density at radius 3 is 2.55 bits per heavy atom. The van der Waals surface area contributed by atoms with E-state index in [9.17, 15) is 19.2 Å². The molecule has 198 valence electrons. The molecule has 1 spiro atoms. The number of ketones is 3. The van der Waals surface area contributed by atoms with Crippen molar-refractivity contribution in [3.05, 3.63) is 71.5 Å². The van der Waals surface area contributed by atoms with E-state index in [-0.39, 0.29) is 48.3 Å². The normalized spacial score (nSPS) is 32.5. The number of amides is 1. The van der Waals surface area contributed by atoms with Gasteiger partial charge in [0.2, 0.25) is 17.5 Å². The highest BCUT2D eigenvalue weighted by molar-refractivity contribution is 6.43. The van der Waals surface area contributed by atoms with Crippen molar-refractivity contribution in [1.82, 2.24) is 10.3 Å². The number of para-hydroxylation sites is 1. The van der Waals surface area contributed by atoms with E-state index in [0.717, 1.165) is 22.0 Å². The fourth-order valence-electron chi connectivity index (χ4n) is 7.01. The van der Waals surface area contributed by atoms with E-state index < -0.39 is 22.9 Å². The summed E-state index contributed by atoms with van der Waals surface area (Å²) in [5.74, 6) is -2.27. The van der Waals surface area contributed by atoms with Crippen LogP contribution in [0.25, 0.3) is 10.9 Å². The zero-order valence-electron chi connectivity index (χ0n) is 22.5. The molecular weight excluding hydrogens is 476 g/mol. The molecule has 1 aromatic heterocycles. The Bertz CT molecular complexity index is 1410. The highest BCUT2D eigenvalue weighted by Crippen LogP contribution is 2.55. The Balaban J connectivity index is 1.58. The molecule has 38 heavy (non-hydrogen) atoms. The molecule has 3 aliphatic rings. The van der Waals surface area contributed by atoms with Crippen molar-refractivity contribution in [3.63, 3.8) is 0 Å². The molecule has 1 aliphatic heterocycles. The van der Waals surface area contributed by atoms with Crippen LogP contribution in [-0.4, -0.2) is 34.3 Å². The number of carbonyl (C=O) groups is 4. The predicted molar refractivity (Wildman–Crippen MR) is 147 cm³/mol. The second-order valence-electron chi connectivity index (χ2n) is 11.4. The van der Waals surface area contributed by atoms with Crippen LogP contribution in [-0.2, 0) is 25.6 Å². The summed E-state index contributed by atoms with van der Waals surface area (Å²) in [6.45, 7) is 7.83. The number of nitrogens with one attached hydrogen (secondary N) is 2. The van der Waals surface area contributed by atoms with Crippen molar-refractivity contribution < 1.29 is 19.2 Å². The maximum Gasteiger partial charge on any atom is 0.235 e. The van der Waals surface area contributed by atoms with E-state index in [1.807, 2.05) is 49.5 Å². The lowest BCUT2D eigenvalue weighted by Crippen LogP contribution is -2.52. The van der Waals surface area contributed by atoms with Gasteiger partial charge in [-0.15, -0.1) is 0 Å². The molecule has 2 N–H and O–H groups in total. The summed E-state index contributed by atoms with van der Waals surface area (Å²) in [7, 11) is 0. The Kier molecular flexibility index (Phi) is 6.84. The molecule has 6 unspecified atom stereocenters. The molecule has 1 amide bonds. The van der Waals surface area contributed by atoms with E-state index in [2.05, 4.69) is 36.3 Å². The molecule has 2 aromatic rings. The number of H-pyrrole nitrogens is 1. The van der Waals surface area contributed by atoms with Gasteiger partial charge in [-0.3, -0.25) is 19.2 Å². The Morgan fingerprint density at radius 1 is 1.00 bits per heavy atom. The number of hydrogen-bond acceptors (Lipinski definition) is 4. The number of rotatable bonds is 2. The van der Waals surface area contributed by atoms with Crippen molar-refractivity contribution in [2.45, 2.75) is 59.4 Å². The first-order valence-electron chi connectivity index (χ1n) is 13.6. The third kappa shape index (κ3) is 4.20. The number of allylic oxidation sites excluding steroid dienone is 6. The molecule has 5 rings (SSSR count). The van der Waals surface area contributed by atoms with Gasteiger partial charge in [-0.1, -0.05) is 61.9 Å². The standard InChI is InChI=1S/C32H36N2O4/c1-18-8-7-9-23-15-19(2)21(4)29-26(16-22-17-33-25-11-6-5-10-24(22)25)34-31(38)32(23,29)28(36)13-12-27(35)30(37)20(3)14-18/h5-7,9-11,14-15,17-18,21,23,26,29,33H,8,12-13,16H2,1-4H3,(H,34,38). The van der Waals surface area contributed by atoms with Crippen molar-refractivity contribution >= 4 is 34.2 Å². The molecular formula is C32H36N2O4. The fraction of sp³-hybridized carbons (Fsp3) is 0.438. The number of benzene rings is 1. The van der Waals surface area contributed by atoms with Crippen LogP contribution in [0.1, 0.15) is 52.5 Å². The summed E-state index contributed by atoms with van der Waals surface area (Å²) in [4.78, 5) is 56.9. The lowest BCUT2D eigenvalue weighted by atomic mass is 9.54. The molecule has 1 saturated heterocycles. The minimum Gasteiger partial charge on any atom is -0.361 e. The van der Waals surface area contributed by atoms with Gasteiger partial charge in [0.05, 0.1) is 0 Å². The zero-order valence-corrected chi connectivity index (χ0v) is 22.5. The Morgan fingerprint density at radius 2 is 1.76 bits per heavy atom. The number of hydrogen-bond donors (Lipinski definition) is 2. The van der Waals surface area contributed by atoms with Crippen LogP contribution in [0.3, 0.4) is 0 Å².